The molecule has 0 atom stereocenters. The number of hydrogen-bond donors (Lipinski definition) is 0. The summed E-state index contributed by atoms with van der Waals surface area (Å²) in [5.74, 6) is -1.25. The number of benzene rings is 1. The van der Waals surface area contributed by atoms with E-state index >= 15 is 0 Å². The third-order valence-electron chi connectivity index (χ3n) is 3.37. The van der Waals surface area contributed by atoms with Crippen molar-refractivity contribution in [2.24, 2.45) is 0 Å². The molecule has 1 aromatic carbocycles. The quantitative estimate of drug-likeness (QED) is 0.632. The molecule has 0 amide bonds. The standard InChI is InChI=1S/C15H18N2O4S/c1-9(2)11-5-6-13-12(7-11)10(3)16-15(17-13)22(19,20)8-14(18)21-4/h5-7,9H,8H2,1-4H3. The average Bonchev–Trinajstić information content (AvgIpc) is 2.46. The van der Waals surface area contributed by atoms with Crippen LogP contribution in [0.2, 0.25) is 0 Å². The fourth-order valence-corrected chi connectivity index (χ4v) is 3.12. The Morgan fingerprint density at radius 2 is 1.95 bits per heavy atom. The van der Waals surface area contributed by atoms with E-state index in [1.165, 1.54) is 0 Å². The van der Waals surface area contributed by atoms with Crippen molar-refractivity contribution in [3.63, 3.8) is 0 Å². The summed E-state index contributed by atoms with van der Waals surface area (Å²) in [6.07, 6.45) is 0. The van der Waals surface area contributed by atoms with Gasteiger partial charge in [0.05, 0.1) is 12.6 Å². The zero-order chi connectivity index (χ0) is 16.5. The molecule has 0 saturated carbocycles. The van der Waals surface area contributed by atoms with Crippen LogP contribution < -0.4 is 0 Å². The Kier molecular flexibility index (Phi) is 4.46. The van der Waals surface area contributed by atoms with E-state index in [4.69, 9.17) is 0 Å². The molecule has 0 N–H and O–H groups in total. The Morgan fingerprint density at radius 1 is 1.27 bits per heavy atom. The van der Waals surface area contributed by atoms with E-state index in [1.807, 2.05) is 12.1 Å². The van der Waals surface area contributed by atoms with E-state index in [2.05, 4.69) is 28.6 Å². The number of carbonyl (C=O) groups is 1. The second-order valence-corrected chi connectivity index (χ2v) is 7.24. The van der Waals surface area contributed by atoms with E-state index in [1.54, 1.807) is 13.0 Å². The summed E-state index contributed by atoms with van der Waals surface area (Å²) in [6, 6.07) is 5.65. The first-order valence-corrected chi connectivity index (χ1v) is 8.47. The van der Waals surface area contributed by atoms with Crippen molar-refractivity contribution in [2.45, 2.75) is 31.8 Å². The van der Waals surface area contributed by atoms with Gasteiger partial charge in [0.2, 0.25) is 15.0 Å². The fraction of sp³-hybridized carbons (Fsp3) is 0.400. The molecule has 0 aliphatic heterocycles. The largest absolute Gasteiger partial charge is 0.468 e. The van der Waals surface area contributed by atoms with Crippen molar-refractivity contribution in [3.05, 3.63) is 29.5 Å². The minimum absolute atomic E-state index is 0.347. The number of hydrogen-bond acceptors (Lipinski definition) is 6. The predicted molar refractivity (Wildman–Crippen MR) is 82.4 cm³/mol. The molecule has 0 bridgehead atoms. The van der Waals surface area contributed by atoms with Gasteiger partial charge in [-0.05, 0) is 30.5 Å². The predicted octanol–water partition coefficient (Wildman–Crippen LogP) is 2.01. The van der Waals surface area contributed by atoms with Crippen molar-refractivity contribution >= 4 is 26.7 Å². The summed E-state index contributed by atoms with van der Waals surface area (Å²) in [6.45, 7) is 5.88. The molecule has 0 saturated heterocycles. The number of sulfone groups is 1. The van der Waals surface area contributed by atoms with Gasteiger partial charge in [0.15, 0.2) is 5.75 Å². The molecule has 1 heterocycles. The highest BCUT2D eigenvalue weighted by Crippen LogP contribution is 2.23. The van der Waals surface area contributed by atoms with E-state index in [0.29, 0.717) is 17.1 Å². The van der Waals surface area contributed by atoms with Gasteiger partial charge >= 0.3 is 5.97 Å². The van der Waals surface area contributed by atoms with Crippen LogP contribution in [0.3, 0.4) is 0 Å². The number of rotatable bonds is 4. The zero-order valence-electron chi connectivity index (χ0n) is 13.0. The molecule has 7 heteroatoms. The molecule has 118 valence electrons. The number of aryl methyl sites for hydroxylation is 1. The monoisotopic (exact) mass is 322 g/mol. The molecule has 0 fully saturated rings. The lowest BCUT2D eigenvalue weighted by molar-refractivity contribution is -0.137. The first kappa shape index (κ1) is 16.4. The second-order valence-electron chi connectivity index (χ2n) is 5.36. The van der Waals surface area contributed by atoms with Crippen LogP contribution in [0.25, 0.3) is 10.9 Å². The van der Waals surface area contributed by atoms with Gasteiger partial charge in [-0.2, -0.15) is 0 Å². The number of carbonyl (C=O) groups excluding carboxylic acids is 1. The number of esters is 1. The van der Waals surface area contributed by atoms with Crippen LogP contribution in [0, 0.1) is 6.92 Å². The van der Waals surface area contributed by atoms with Crippen molar-refractivity contribution < 1.29 is 17.9 Å². The Morgan fingerprint density at radius 3 is 2.55 bits per heavy atom. The van der Waals surface area contributed by atoms with Crippen LogP contribution >= 0.6 is 0 Å². The van der Waals surface area contributed by atoms with E-state index < -0.39 is 21.6 Å². The van der Waals surface area contributed by atoms with Crippen LogP contribution in [0.4, 0.5) is 0 Å². The molecule has 22 heavy (non-hydrogen) atoms. The van der Waals surface area contributed by atoms with Crippen LogP contribution in [0.1, 0.15) is 31.0 Å². The van der Waals surface area contributed by atoms with Crippen molar-refractivity contribution in [3.8, 4) is 0 Å². The molecular weight excluding hydrogens is 304 g/mol. The fourth-order valence-electron chi connectivity index (χ4n) is 2.05. The highest BCUT2D eigenvalue weighted by atomic mass is 32.2. The Labute approximate surface area is 129 Å². The third-order valence-corrected chi connectivity index (χ3v) is 4.72. The zero-order valence-corrected chi connectivity index (χ0v) is 13.8. The SMILES string of the molecule is COC(=O)CS(=O)(=O)c1nc(C)c2cc(C(C)C)ccc2n1. The lowest BCUT2D eigenvalue weighted by atomic mass is 10.0. The lowest BCUT2D eigenvalue weighted by Crippen LogP contribution is -2.19. The molecule has 0 radical (unpaired) electrons. The van der Waals surface area contributed by atoms with Gasteiger partial charge in [0.1, 0.15) is 0 Å². The number of aromatic nitrogens is 2. The Hall–Kier alpha value is -2.02. The van der Waals surface area contributed by atoms with Crippen LogP contribution in [0.15, 0.2) is 23.4 Å². The molecule has 0 spiro atoms. The van der Waals surface area contributed by atoms with E-state index in [-0.39, 0.29) is 5.16 Å². The summed E-state index contributed by atoms with van der Waals surface area (Å²) >= 11 is 0. The first-order valence-electron chi connectivity index (χ1n) is 6.82. The molecule has 1 aromatic heterocycles. The van der Waals surface area contributed by atoms with Gasteiger partial charge in [0.25, 0.3) is 0 Å². The van der Waals surface area contributed by atoms with Crippen LogP contribution in [0.5, 0.6) is 0 Å². The number of methoxy groups -OCH3 is 1. The topological polar surface area (TPSA) is 86.2 Å². The summed E-state index contributed by atoms with van der Waals surface area (Å²) in [5.41, 5.74) is 2.24. The highest BCUT2D eigenvalue weighted by Gasteiger charge is 2.24. The summed E-state index contributed by atoms with van der Waals surface area (Å²) in [5, 5.41) is 0.461. The molecule has 0 aliphatic carbocycles. The van der Waals surface area contributed by atoms with Gasteiger partial charge in [0, 0.05) is 11.1 Å². The second kappa shape index (κ2) is 6.00. The maximum absolute atomic E-state index is 12.1. The smallest absolute Gasteiger partial charge is 0.321 e. The molecule has 0 aliphatic rings. The number of fused-ring (bicyclic) bond motifs is 1. The average molecular weight is 322 g/mol. The minimum Gasteiger partial charge on any atom is -0.468 e. The van der Waals surface area contributed by atoms with Gasteiger partial charge in [-0.1, -0.05) is 19.9 Å². The summed E-state index contributed by atoms with van der Waals surface area (Å²) in [4.78, 5) is 19.4. The van der Waals surface area contributed by atoms with Gasteiger partial charge in [-0.3, -0.25) is 4.79 Å². The molecule has 2 aromatic rings. The summed E-state index contributed by atoms with van der Waals surface area (Å²) in [7, 11) is -2.77. The number of ether oxygens (including phenoxy) is 1. The summed E-state index contributed by atoms with van der Waals surface area (Å²) < 4.78 is 28.7. The van der Waals surface area contributed by atoms with Crippen molar-refractivity contribution in [1.29, 1.82) is 0 Å². The van der Waals surface area contributed by atoms with Crippen molar-refractivity contribution in [1.82, 2.24) is 9.97 Å². The van der Waals surface area contributed by atoms with Crippen molar-refractivity contribution in [2.75, 3.05) is 12.9 Å². The van der Waals surface area contributed by atoms with Gasteiger partial charge < -0.3 is 4.74 Å². The maximum Gasteiger partial charge on any atom is 0.321 e. The maximum atomic E-state index is 12.1. The van der Waals surface area contributed by atoms with Gasteiger partial charge in [-0.15, -0.1) is 0 Å². The minimum atomic E-state index is -3.91. The third kappa shape index (κ3) is 3.24. The van der Waals surface area contributed by atoms with E-state index in [9.17, 15) is 13.2 Å². The molecular formula is C15H18N2O4S. The Bertz CT molecular complexity index is 829. The lowest BCUT2D eigenvalue weighted by Gasteiger charge is -2.09. The van der Waals surface area contributed by atoms with Gasteiger partial charge in [-0.25, -0.2) is 18.4 Å². The van der Waals surface area contributed by atoms with Crippen LogP contribution in [-0.2, 0) is 19.4 Å². The van der Waals surface area contributed by atoms with Crippen LogP contribution in [-0.4, -0.2) is 37.2 Å². The normalized spacial score (nSPS) is 11.9. The number of nitrogens with zero attached hydrogens (tertiary/aromatic N) is 2. The Balaban J connectivity index is 2.55. The molecule has 6 nitrogen and oxygen atoms in total. The molecule has 2 rings (SSSR count). The highest BCUT2D eigenvalue weighted by molar-refractivity contribution is 7.91. The van der Waals surface area contributed by atoms with E-state index in [0.717, 1.165) is 18.1 Å². The first-order chi connectivity index (χ1) is 10.2. The molecule has 0 unspecified atom stereocenters.